The number of rotatable bonds is 7. The largest absolute Gasteiger partial charge is 0.424 e. The minimum absolute atomic E-state index is 0.384. The molecule has 0 atom stereocenters. The summed E-state index contributed by atoms with van der Waals surface area (Å²) < 4.78 is 5.71. The van der Waals surface area contributed by atoms with Crippen molar-refractivity contribution in [1.82, 2.24) is 15.3 Å². The van der Waals surface area contributed by atoms with Crippen molar-refractivity contribution >= 4 is 0 Å². The molecule has 0 amide bonds. The zero-order valence-electron chi connectivity index (χ0n) is 13.0. The summed E-state index contributed by atoms with van der Waals surface area (Å²) in [5, 5.41) is 3.32. The van der Waals surface area contributed by atoms with E-state index < -0.39 is 0 Å². The number of benzene rings is 1. The van der Waals surface area contributed by atoms with E-state index >= 15 is 0 Å². The van der Waals surface area contributed by atoms with Crippen molar-refractivity contribution in [1.29, 1.82) is 0 Å². The summed E-state index contributed by atoms with van der Waals surface area (Å²) in [6.45, 7) is 8.25. The SMILES string of the molecule is CCCNCc1cnc(Oc2cccc(C(C)C)c2)nc1. The highest BCUT2D eigenvalue weighted by atomic mass is 16.5. The summed E-state index contributed by atoms with van der Waals surface area (Å²) >= 11 is 0. The minimum atomic E-state index is 0.384. The first-order valence-corrected chi connectivity index (χ1v) is 7.48. The monoisotopic (exact) mass is 285 g/mol. The Morgan fingerprint density at radius 3 is 2.62 bits per heavy atom. The van der Waals surface area contributed by atoms with E-state index in [1.165, 1.54) is 5.56 Å². The molecule has 1 aromatic heterocycles. The molecule has 0 radical (unpaired) electrons. The molecular weight excluding hydrogens is 262 g/mol. The lowest BCUT2D eigenvalue weighted by Crippen LogP contribution is -2.14. The fraction of sp³-hybridized carbons (Fsp3) is 0.412. The predicted molar refractivity (Wildman–Crippen MR) is 84.6 cm³/mol. The Kier molecular flexibility index (Phi) is 5.69. The maximum absolute atomic E-state index is 5.71. The van der Waals surface area contributed by atoms with Crippen LogP contribution >= 0.6 is 0 Å². The summed E-state index contributed by atoms with van der Waals surface area (Å²) in [6, 6.07) is 8.43. The van der Waals surface area contributed by atoms with Gasteiger partial charge in [0.25, 0.3) is 0 Å². The molecule has 0 saturated carbocycles. The van der Waals surface area contributed by atoms with Gasteiger partial charge in [-0.1, -0.05) is 32.9 Å². The maximum atomic E-state index is 5.71. The van der Waals surface area contributed by atoms with E-state index in [1.807, 2.05) is 18.2 Å². The summed E-state index contributed by atoms with van der Waals surface area (Å²) in [6.07, 6.45) is 4.73. The number of nitrogens with one attached hydrogen (secondary N) is 1. The molecule has 0 unspecified atom stereocenters. The normalized spacial score (nSPS) is 10.9. The summed E-state index contributed by atoms with van der Waals surface area (Å²) in [4.78, 5) is 8.51. The van der Waals surface area contributed by atoms with Crippen molar-refractivity contribution in [2.75, 3.05) is 6.54 Å². The van der Waals surface area contributed by atoms with Gasteiger partial charge in [0, 0.05) is 24.5 Å². The lowest BCUT2D eigenvalue weighted by atomic mass is 10.0. The van der Waals surface area contributed by atoms with E-state index in [2.05, 4.69) is 42.1 Å². The highest BCUT2D eigenvalue weighted by molar-refractivity contribution is 5.32. The number of ether oxygens (including phenoxy) is 1. The first-order valence-electron chi connectivity index (χ1n) is 7.48. The Balaban J connectivity index is 1.98. The second kappa shape index (κ2) is 7.74. The van der Waals surface area contributed by atoms with E-state index in [4.69, 9.17) is 4.74 Å². The van der Waals surface area contributed by atoms with Crippen molar-refractivity contribution in [3.05, 3.63) is 47.8 Å². The molecular formula is C17H23N3O. The molecule has 0 spiro atoms. The Labute approximate surface area is 126 Å². The van der Waals surface area contributed by atoms with E-state index in [9.17, 15) is 0 Å². The minimum Gasteiger partial charge on any atom is -0.424 e. The molecule has 0 bridgehead atoms. The Morgan fingerprint density at radius 2 is 1.95 bits per heavy atom. The number of nitrogens with zero attached hydrogens (tertiary/aromatic N) is 2. The van der Waals surface area contributed by atoms with Crippen molar-refractivity contribution in [2.24, 2.45) is 0 Å². The Hall–Kier alpha value is -1.94. The van der Waals surface area contributed by atoms with Gasteiger partial charge in [-0.2, -0.15) is 0 Å². The third kappa shape index (κ3) is 4.83. The van der Waals surface area contributed by atoms with Crippen molar-refractivity contribution in [3.8, 4) is 11.8 Å². The highest BCUT2D eigenvalue weighted by Gasteiger charge is 2.04. The molecule has 4 heteroatoms. The second-order valence-electron chi connectivity index (χ2n) is 5.38. The third-order valence-corrected chi connectivity index (χ3v) is 3.17. The van der Waals surface area contributed by atoms with E-state index in [-0.39, 0.29) is 0 Å². The smallest absolute Gasteiger partial charge is 0.321 e. The van der Waals surface area contributed by atoms with Crippen molar-refractivity contribution in [2.45, 2.75) is 39.7 Å². The lowest BCUT2D eigenvalue weighted by Gasteiger charge is -2.09. The summed E-state index contributed by atoms with van der Waals surface area (Å²) in [5.74, 6) is 1.25. The van der Waals surface area contributed by atoms with E-state index in [0.29, 0.717) is 11.9 Å². The number of hydrogen-bond acceptors (Lipinski definition) is 4. The molecule has 2 rings (SSSR count). The molecule has 4 nitrogen and oxygen atoms in total. The van der Waals surface area contributed by atoms with Gasteiger partial charge in [0.15, 0.2) is 0 Å². The molecule has 112 valence electrons. The van der Waals surface area contributed by atoms with Crippen LogP contribution in [0.5, 0.6) is 11.8 Å². The number of aromatic nitrogens is 2. The molecule has 1 N–H and O–H groups in total. The molecule has 0 saturated heterocycles. The van der Waals surface area contributed by atoms with Crippen molar-refractivity contribution in [3.63, 3.8) is 0 Å². The standard InChI is InChI=1S/C17H23N3O/c1-4-8-18-10-14-11-19-17(20-12-14)21-16-7-5-6-15(9-16)13(2)3/h5-7,9,11-13,18H,4,8,10H2,1-3H3. The van der Waals surface area contributed by atoms with Crippen LogP contribution in [0.1, 0.15) is 44.2 Å². The molecule has 1 aromatic carbocycles. The second-order valence-corrected chi connectivity index (χ2v) is 5.38. The molecule has 0 aliphatic rings. The van der Waals surface area contributed by atoms with Crippen LogP contribution < -0.4 is 10.1 Å². The summed E-state index contributed by atoms with van der Waals surface area (Å²) in [5.41, 5.74) is 2.31. The van der Waals surface area contributed by atoms with Crippen molar-refractivity contribution < 1.29 is 4.74 Å². The Bertz CT molecular complexity index is 552. The topological polar surface area (TPSA) is 47.0 Å². The molecule has 0 fully saturated rings. The summed E-state index contributed by atoms with van der Waals surface area (Å²) in [7, 11) is 0. The fourth-order valence-electron chi connectivity index (χ4n) is 1.94. The molecule has 1 heterocycles. The fourth-order valence-corrected chi connectivity index (χ4v) is 1.94. The zero-order chi connectivity index (χ0) is 15.1. The van der Waals surface area contributed by atoms with Crippen LogP contribution in [0.3, 0.4) is 0 Å². The molecule has 0 aliphatic heterocycles. The van der Waals surface area contributed by atoms with Gasteiger partial charge in [-0.15, -0.1) is 0 Å². The Morgan fingerprint density at radius 1 is 1.19 bits per heavy atom. The van der Waals surface area contributed by atoms with Gasteiger partial charge >= 0.3 is 6.01 Å². The number of hydrogen-bond donors (Lipinski definition) is 1. The highest BCUT2D eigenvalue weighted by Crippen LogP contribution is 2.23. The first kappa shape index (κ1) is 15.4. The third-order valence-electron chi connectivity index (χ3n) is 3.17. The molecule has 21 heavy (non-hydrogen) atoms. The van der Waals surface area contributed by atoms with Crippen LogP contribution in [0.4, 0.5) is 0 Å². The molecule has 2 aromatic rings. The van der Waals surface area contributed by atoms with Gasteiger partial charge < -0.3 is 10.1 Å². The van der Waals surface area contributed by atoms with E-state index in [1.54, 1.807) is 12.4 Å². The predicted octanol–water partition coefficient (Wildman–Crippen LogP) is 3.89. The van der Waals surface area contributed by atoms with Gasteiger partial charge in [-0.25, -0.2) is 9.97 Å². The maximum Gasteiger partial charge on any atom is 0.321 e. The van der Waals surface area contributed by atoms with Gasteiger partial charge in [0.1, 0.15) is 5.75 Å². The van der Waals surface area contributed by atoms with Crippen LogP contribution in [0.15, 0.2) is 36.7 Å². The van der Waals surface area contributed by atoms with Crippen LogP contribution in [-0.2, 0) is 6.54 Å². The van der Waals surface area contributed by atoms with Crippen LogP contribution in [0.2, 0.25) is 0 Å². The quantitative estimate of drug-likeness (QED) is 0.784. The first-order chi connectivity index (χ1) is 10.2. The van der Waals surface area contributed by atoms with Crippen LogP contribution in [-0.4, -0.2) is 16.5 Å². The lowest BCUT2D eigenvalue weighted by molar-refractivity contribution is 0.440. The van der Waals surface area contributed by atoms with Gasteiger partial charge in [0.2, 0.25) is 0 Å². The van der Waals surface area contributed by atoms with Gasteiger partial charge in [-0.3, -0.25) is 0 Å². The average Bonchev–Trinajstić information content (AvgIpc) is 2.49. The van der Waals surface area contributed by atoms with Crippen LogP contribution in [0, 0.1) is 0 Å². The molecule has 0 aliphatic carbocycles. The van der Waals surface area contributed by atoms with Crippen LogP contribution in [0.25, 0.3) is 0 Å². The van der Waals surface area contributed by atoms with Gasteiger partial charge in [0.05, 0.1) is 0 Å². The van der Waals surface area contributed by atoms with Gasteiger partial charge in [-0.05, 0) is 36.6 Å². The zero-order valence-corrected chi connectivity index (χ0v) is 13.0. The van der Waals surface area contributed by atoms with E-state index in [0.717, 1.165) is 30.8 Å². The average molecular weight is 285 g/mol.